The predicted octanol–water partition coefficient (Wildman–Crippen LogP) is 5.49. The summed E-state index contributed by atoms with van der Waals surface area (Å²) in [4.78, 5) is 21.6. The molecule has 4 rings (SSSR count). The molecule has 35 heavy (non-hydrogen) atoms. The molecule has 0 saturated carbocycles. The van der Waals surface area contributed by atoms with E-state index in [9.17, 15) is 0 Å². The van der Waals surface area contributed by atoms with Gasteiger partial charge in [-0.2, -0.15) is 0 Å². The van der Waals surface area contributed by atoms with E-state index in [-0.39, 0.29) is 0 Å². The van der Waals surface area contributed by atoms with Gasteiger partial charge in [0.05, 0.1) is 6.16 Å². The molecule has 0 saturated heterocycles. The first-order valence-electron chi connectivity index (χ1n) is 11.4. The summed E-state index contributed by atoms with van der Waals surface area (Å²) >= 11 is 0. The van der Waals surface area contributed by atoms with E-state index in [1.165, 1.54) is 43.7 Å². The van der Waals surface area contributed by atoms with Gasteiger partial charge in [-0.05, 0) is 86.3 Å². The highest BCUT2D eigenvalue weighted by Crippen LogP contribution is 2.58. The third-order valence-corrected chi connectivity index (χ3v) is 10.2. The fourth-order valence-electron chi connectivity index (χ4n) is 4.28. The normalized spacial score (nSPS) is 11.5. The Hall–Kier alpha value is -2.58. The molecule has 0 atom stereocenters. The molecule has 0 aliphatic carbocycles. The maximum absolute atomic E-state index is 8.88. The second-order valence-electron chi connectivity index (χ2n) is 8.98. The van der Waals surface area contributed by atoms with Gasteiger partial charge in [0.2, 0.25) is 0 Å². The van der Waals surface area contributed by atoms with Crippen LogP contribution in [0.5, 0.6) is 0 Å². The van der Waals surface area contributed by atoms with Crippen molar-refractivity contribution in [2.75, 3.05) is 0 Å². The van der Waals surface area contributed by atoms with Gasteiger partial charge < -0.3 is 14.7 Å². The Morgan fingerprint density at radius 1 is 0.571 bits per heavy atom. The van der Waals surface area contributed by atoms with Crippen molar-refractivity contribution in [2.24, 2.45) is 0 Å². The highest BCUT2D eigenvalue weighted by Gasteiger charge is 2.45. The smallest absolute Gasteiger partial charge is 0.303 e. The molecule has 182 valence electrons. The largest absolute Gasteiger partial charge is 0.466 e. The summed E-state index contributed by atoms with van der Waals surface area (Å²) in [5, 5.41) is 4.37. The number of hydrogen-bond acceptors (Lipinski definition) is 1. The van der Waals surface area contributed by atoms with Crippen molar-refractivity contribution in [3.05, 3.63) is 125 Å². The lowest BCUT2D eigenvalue weighted by Gasteiger charge is -2.28. The summed E-state index contributed by atoms with van der Waals surface area (Å²) in [7, 11) is -6.51. The highest BCUT2D eigenvalue weighted by atomic mass is 31.2. The van der Waals surface area contributed by atoms with E-state index in [1.54, 1.807) is 0 Å². The zero-order valence-corrected chi connectivity index (χ0v) is 22.4. The van der Waals surface area contributed by atoms with Gasteiger partial charge in [0.15, 0.2) is 0 Å². The Labute approximate surface area is 208 Å². The lowest BCUT2D eigenvalue weighted by atomic mass is 10.2. The van der Waals surface area contributed by atoms with Crippen LogP contribution in [0.4, 0.5) is 0 Å². The highest BCUT2D eigenvalue weighted by molar-refractivity contribution is 7.95. The van der Waals surface area contributed by atoms with Crippen molar-refractivity contribution in [2.45, 2.75) is 33.9 Å². The number of rotatable bonds is 5. The van der Waals surface area contributed by atoms with Crippen molar-refractivity contribution in [1.82, 2.24) is 0 Å². The van der Waals surface area contributed by atoms with Gasteiger partial charge in [0.25, 0.3) is 0 Å². The van der Waals surface area contributed by atoms with E-state index in [4.69, 9.17) is 19.2 Å². The molecule has 0 spiro atoms. The first-order valence-corrected chi connectivity index (χ1v) is 14.9. The minimum atomic E-state index is -4.64. The van der Waals surface area contributed by atoms with Crippen LogP contribution in [0.2, 0.25) is 0 Å². The summed E-state index contributed by atoms with van der Waals surface area (Å²) < 4.78 is 8.88. The summed E-state index contributed by atoms with van der Waals surface area (Å²) in [6, 6.07) is 36.7. The van der Waals surface area contributed by atoms with Crippen LogP contribution in [0.15, 0.2) is 97.1 Å². The SMILES string of the molecule is Cc1ccc(C[P+](c2cccc(C)c2)(c2cccc(C)c2)c2cccc(C)c2)cc1.O=P(O)(O)O. The van der Waals surface area contributed by atoms with Gasteiger partial charge in [-0.1, -0.05) is 66.2 Å². The molecule has 0 aliphatic heterocycles. The molecule has 4 aromatic rings. The molecule has 0 fully saturated rings. The molecular weight excluding hydrogens is 474 g/mol. The molecule has 0 aliphatic rings. The summed E-state index contributed by atoms with van der Waals surface area (Å²) in [5.74, 6) is 0. The Kier molecular flexibility index (Phi) is 8.83. The number of benzene rings is 4. The average molecular weight is 508 g/mol. The van der Waals surface area contributed by atoms with E-state index in [2.05, 4.69) is 125 Å². The summed E-state index contributed by atoms with van der Waals surface area (Å²) in [5.41, 5.74) is 6.67. The number of phosphoric acid groups is 1. The van der Waals surface area contributed by atoms with E-state index < -0.39 is 15.1 Å². The summed E-state index contributed by atoms with van der Waals surface area (Å²) in [6.07, 6.45) is 1.03. The topological polar surface area (TPSA) is 77.8 Å². The zero-order chi connectivity index (χ0) is 25.6. The average Bonchev–Trinajstić information content (AvgIpc) is 2.78. The van der Waals surface area contributed by atoms with Crippen molar-refractivity contribution >= 4 is 31.0 Å². The molecule has 3 N–H and O–H groups in total. The van der Waals surface area contributed by atoms with Gasteiger partial charge in [-0.3, -0.25) is 0 Å². The maximum atomic E-state index is 8.88. The standard InChI is InChI=1S/C29H30P.H3O4P/c1-22-14-16-26(17-15-22)21-30(27-11-5-8-23(2)18-27,28-12-6-9-24(3)19-28)29-13-7-10-25(4)20-29;1-5(2,3)4/h5-20H,21H2,1-4H3;(H3,1,2,3,4)/q+1;. The minimum absolute atomic E-state index is 1.03. The molecule has 0 unspecified atom stereocenters. The van der Waals surface area contributed by atoms with Gasteiger partial charge >= 0.3 is 7.82 Å². The van der Waals surface area contributed by atoms with Crippen LogP contribution in [0.1, 0.15) is 27.8 Å². The van der Waals surface area contributed by atoms with Crippen molar-refractivity contribution in [1.29, 1.82) is 0 Å². The van der Waals surface area contributed by atoms with Gasteiger partial charge in [-0.15, -0.1) is 0 Å². The van der Waals surface area contributed by atoms with Gasteiger partial charge in [0.1, 0.15) is 23.2 Å². The van der Waals surface area contributed by atoms with Crippen LogP contribution in [-0.4, -0.2) is 14.7 Å². The van der Waals surface area contributed by atoms with E-state index in [0.717, 1.165) is 6.16 Å². The monoisotopic (exact) mass is 507 g/mol. The second kappa shape index (κ2) is 11.4. The third-order valence-electron chi connectivity index (χ3n) is 5.87. The lowest BCUT2D eigenvalue weighted by Crippen LogP contribution is -2.33. The van der Waals surface area contributed by atoms with Crippen molar-refractivity contribution in [3.8, 4) is 0 Å². The molecule has 0 heterocycles. The van der Waals surface area contributed by atoms with Crippen LogP contribution >= 0.6 is 15.1 Å². The predicted molar refractivity (Wildman–Crippen MR) is 149 cm³/mol. The molecular formula is C29H33O4P2+. The zero-order valence-electron chi connectivity index (χ0n) is 20.6. The molecule has 0 amide bonds. The Morgan fingerprint density at radius 2 is 0.914 bits per heavy atom. The molecule has 6 heteroatoms. The van der Waals surface area contributed by atoms with Crippen LogP contribution in [0.25, 0.3) is 0 Å². The Bertz CT molecular complexity index is 1210. The fraction of sp³-hybridized carbons (Fsp3) is 0.172. The van der Waals surface area contributed by atoms with Crippen LogP contribution in [0.3, 0.4) is 0 Å². The first kappa shape index (κ1) is 27.0. The van der Waals surface area contributed by atoms with Gasteiger partial charge in [-0.25, -0.2) is 4.57 Å². The van der Waals surface area contributed by atoms with Crippen LogP contribution < -0.4 is 15.9 Å². The number of aryl methyl sites for hydroxylation is 4. The molecule has 0 aromatic heterocycles. The molecule has 0 bridgehead atoms. The lowest BCUT2D eigenvalue weighted by molar-refractivity contribution is 0.275. The maximum Gasteiger partial charge on any atom is 0.466 e. The van der Waals surface area contributed by atoms with Crippen LogP contribution in [0, 0.1) is 27.7 Å². The molecule has 4 aromatic carbocycles. The summed E-state index contributed by atoms with van der Waals surface area (Å²) in [6.45, 7) is 8.78. The van der Waals surface area contributed by atoms with Crippen molar-refractivity contribution in [3.63, 3.8) is 0 Å². The second-order valence-corrected chi connectivity index (χ2v) is 13.5. The van der Waals surface area contributed by atoms with E-state index >= 15 is 0 Å². The van der Waals surface area contributed by atoms with Crippen LogP contribution in [-0.2, 0) is 10.7 Å². The Morgan fingerprint density at radius 3 is 1.23 bits per heavy atom. The first-order chi connectivity index (χ1) is 16.5. The quantitative estimate of drug-likeness (QED) is 0.313. The van der Waals surface area contributed by atoms with E-state index in [0.29, 0.717) is 0 Å². The third kappa shape index (κ3) is 7.45. The minimum Gasteiger partial charge on any atom is -0.303 e. The van der Waals surface area contributed by atoms with Gasteiger partial charge in [0, 0.05) is 0 Å². The fourth-order valence-corrected chi connectivity index (χ4v) is 8.78. The Balaban J connectivity index is 0.000000623. The van der Waals surface area contributed by atoms with Crippen molar-refractivity contribution < 1.29 is 19.2 Å². The molecule has 0 radical (unpaired) electrons. The molecule has 4 nitrogen and oxygen atoms in total. The van der Waals surface area contributed by atoms with E-state index in [1.807, 2.05) is 0 Å². The number of hydrogen-bond donors (Lipinski definition) is 3.